The van der Waals surface area contributed by atoms with Crippen molar-refractivity contribution in [1.29, 1.82) is 5.26 Å². The highest BCUT2D eigenvalue weighted by Crippen LogP contribution is 2.10. The van der Waals surface area contributed by atoms with Crippen LogP contribution in [0.4, 0.5) is 0 Å². The highest BCUT2D eigenvalue weighted by Gasteiger charge is 2.07. The number of aliphatic hydroxyl groups excluding tert-OH is 1. The Bertz CT molecular complexity index is 305. The summed E-state index contributed by atoms with van der Waals surface area (Å²) in [6.45, 7) is 2.16. The lowest BCUT2D eigenvalue weighted by molar-refractivity contribution is 0.173. The molecule has 2 N–H and O–H groups in total. The Balaban J connectivity index is 2.44. The van der Waals surface area contributed by atoms with E-state index in [-0.39, 0.29) is 6.04 Å². The third-order valence-corrected chi connectivity index (χ3v) is 2.00. The average molecular weight is 190 g/mol. The van der Waals surface area contributed by atoms with Gasteiger partial charge in [0.05, 0.1) is 18.2 Å². The Morgan fingerprint density at radius 2 is 2.07 bits per heavy atom. The minimum Gasteiger partial charge on any atom is -0.387 e. The molecule has 1 aromatic carbocycles. The van der Waals surface area contributed by atoms with E-state index >= 15 is 0 Å². The molecule has 0 heterocycles. The third-order valence-electron chi connectivity index (χ3n) is 2.00. The van der Waals surface area contributed by atoms with E-state index < -0.39 is 6.10 Å². The fourth-order valence-electron chi connectivity index (χ4n) is 1.13. The van der Waals surface area contributed by atoms with Gasteiger partial charge in [-0.15, -0.1) is 0 Å². The van der Waals surface area contributed by atoms with Crippen LogP contribution in [0.15, 0.2) is 30.3 Å². The normalized spacial score (nSPS) is 14.4. The molecule has 0 aliphatic carbocycles. The number of hydrogen-bond acceptors (Lipinski definition) is 3. The van der Waals surface area contributed by atoms with Gasteiger partial charge in [-0.1, -0.05) is 30.3 Å². The predicted octanol–water partition coefficient (Wildman–Crippen LogP) is 1.22. The number of nitrogens with one attached hydrogen (secondary N) is 1. The lowest BCUT2D eigenvalue weighted by atomic mass is 10.1. The molecule has 2 atom stereocenters. The molecule has 0 spiro atoms. The molecule has 0 fully saturated rings. The second kappa shape index (κ2) is 5.38. The van der Waals surface area contributed by atoms with Crippen LogP contribution in [0.1, 0.15) is 18.6 Å². The van der Waals surface area contributed by atoms with Gasteiger partial charge >= 0.3 is 0 Å². The topological polar surface area (TPSA) is 56.0 Å². The molecule has 0 saturated carbocycles. The predicted molar refractivity (Wildman–Crippen MR) is 54.5 cm³/mol. The quantitative estimate of drug-likeness (QED) is 0.750. The van der Waals surface area contributed by atoms with Crippen LogP contribution in [0, 0.1) is 11.3 Å². The first-order valence-electron chi connectivity index (χ1n) is 4.60. The van der Waals surface area contributed by atoms with Gasteiger partial charge in [-0.3, -0.25) is 5.32 Å². The van der Waals surface area contributed by atoms with Crippen molar-refractivity contribution in [2.24, 2.45) is 0 Å². The van der Waals surface area contributed by atoms with Crippen LogP contribution in [0.5, 0.6) is 0 Å². The molecule has 0 aliphatic rings. The molecule has 1 aromatic rings. The van der Waals surface area contributed by atoms with Crippen LogP contribution in [0.25, 0.3) is 0 Å². The summed E-state index contributed by atoms with van der Waals surface area (Å²) in [5.41, 5.74) is 0.866. The Morgan fingerprint density at radius 1 is 1.43 bits per heavy atom. The monoisotopic (exact) mass is 190 g/mol. The SMILES string of the molecule is CC(C#N)NCC(O)c1ccccc1. The zero-order valence-corrected chi connectivity index (χ0v) is 8.14. The molecule has 0 radical (unpaired) electrons. The van der Waals surface area contributed by atoms with Gasteiger partial charge in [-0.2, -0.15) is 5.26 Å². The van der Waals surface area contributed by atoms with E-state index in [1.807, 2.05) is 36.4 Å². The zero-order chi connectivity index (χ0) is 10.4. The maximum Gasteiger partial charge on any atom is 0.0925 e. The fourth-order valence-corrected chi connectivity index (χ4v) is 1.13. The minimum absolute atomic E-state index is 0.228. The lowest BCUT2D eigenvalue weighted by Gasteiger charge is -2.12. The molecule has 1 rings (SSSR count). The van der Waals surface area contributed by atoms with E-state index in [0.717, 1.165) is 5.56 Å². The Hall–Kier alpha value is -1.37. The minimum atomic E-state index is -0.549. The third kappa shape index (κ3) is 3.17. The summed E-state index contributed by atoms with van der Waals surface area (Å²) in [5.74, 6) is 0. The number of nitrogens with zero attached hydrogens (tertiary/aromatic N) is 1. The standard InChI is InChI=1S/C11H14N2O/c1-9(7-12)13-8-11(14)10-5-3-2-4-6-10/h2-6,9,11,13-14H,8H2,1H3. The molecule has 74 valence electrons. The van der Waals surface area contributed by atoms with Crippen molar-refractivity contribution in [3.8, 4) is 6.07 Å². The summed E-state index contributed by atoms with van der Waals surface area (Å²) >= 11 is 0. The molecule has 0 amide bonds. The van der Waals surface area contributed by atoms with Crippen LogP contribution in [-0.2, 0) is 0 Å². The van der Waals surface area contributed by atoms with Crippen molar-refractivity contribution in [3.05, 3.63) is 35.9 Å². The van der Waals surface area contributed by atoms with E-state index in [0.29, 0.717) is 6.54 Å². The average Bonchev–Trinajstić information content (AvgIpc) is 2.26. The van der Waals surface area contributed by atoms with E-state index in [1.165, 1.54) is 0 Å². The van der Waals surface area contributed by atoms with Crippen molar-refractivity contribution in [2.45, 2.75) is 19.1 Å². The first-order valence-corrected chi connectivity index (χ1v) is 4.60. The Morgan fingerprint density at radius 3 is 2.64 bits per heavy atom. The molecule has 0 aliphatic heterocycles. The van der Waals surface area contributed by atoms with Gasteiger partial charge in [-0.05, 0) is 12.5 Å². The van der Waals surface area contributed by atoms with E-state index in [2.05, 4.69) is 5.32 Å². The molecule has 0 saturated heterocycles. The lowest BCUT2D eigenvalue weighted by Crippen LogP contribution is -2.29. The summed E-state index contributed by atoms with van der Waals surface area (Å²) in [4.78, 5) is 0. The molecular formula is C11H14N2O. The first-order chi connectivity index (χ1) is 6.74. The first kappa shape index (κ1) is 10.7. The van der Waals surface area contributed by atoms with Crippen LogP contribution < -0.4 is 5.32 Å². The summed E-state index contributed by atoms with van der Waals surface area (Å²) in [6, 6.07) is 11.2. The fraction of sp³-hybridized carbons (Fsp3) is 0.364. The van der Waals surface area contributed by atoms with Crippen molar-refractivity contribution < 1.29 is 5.11 Å². The highest BCUT2D eigenvalue weighted by atomic mass is 16.3. The molecule has 3 nitrogen and oxygen atoms in total. The summed E-state index contributed by atoms with van der Waals surface area (Å²) in [6.07, 6.45) is -0.549. The molecular weight excluding hydrogens is 176 g/mol. The smallest absolute Gasteiger partial charge is 0.0925 e. The van der Waals surface area contributed by atoms with Crippen molar-refractivity contribution >= 4 is 0 Å². The second-order valence-electron chi connectivity index (χ2n) is 3.19. The van der Waals surface area contributed by atoms with Gasteiger partial charge in [0.15, 0.2) is 0 Å². The zero-order valence-electron chi connectivity index (χ0n) is 8.14. The maximum absolute atomic E-state index is 9.69. The maximum atomic E-state index is 9.69. The van der Waals surface area contributed by atoms with Gasteiger partial charge in [-0.25, -0.2) is 0 Å². The number of rotatable bonds is 4. The molecule has 0 aromatic heterocycles. The number of hydrogen-bond donors (Lipinski definition) is 2. The molecule has 14 heavy (non-hydrogen) atoms. The Kier molecular flexibility index (Phi) is 4.11. The largest absolute Gasteiger partial charge is 0.387 e. The Labute approximate surface area is 84.0 Å². The van der Waals surface area contributed by atoms with Gasteiger partial charge < -0.3 is 5.11 Å². The van der Waals surface area contributed by atoms with Crippen molar-refractivity contribution in [1.82, 2.24) is 5.32 Å². The van der Waals surface area contributed by atoms with E-state index in [9.17, 15) is 5.11 Å². The summed E-state index contributed by atoms with van der Waals surface area (Å²) in [7, 11) is 0. The van der Waals surface area contributed by atoms with Crippen molar-refractivity contribution in [3.63, 3.8) is 0 Å². The summed E-state index contributed by atoms with van der Waals surface area (Å²) in [5, 5.41) is 21.1. The van der Waals surface area contributed by atoms with Crippen LogP contribution in [0.2, 0.25) is 0 Å². The van der Waals surface area contributed by atoms with Crippen molar-refractivity contribution in [2.75, 3.05) is 6.54 Å². The van der Waals surface area contributed by atoms with E-state index in [4.69, 9.17) is 5.26 Å². The molecule has 0 bridgehead atoms. The number of benzene rings is 1. The van der Waals surface area contributed by atoms with Gasteiger partial charge in [0.1, 0.15) is 0 Å². The van der Waals surface area contributed by atoms with Crippen LogP contribution >= 0.6 is 0 Å². The van der Waals surface area contributed by atoms with Crippen LogP contribution in [0.3, 0.4) is 0 Å². The number of nitriles is 1. The molecule has 2 unspecified atom stereocenters. The summed E-state index contributed by atoms with van der Waals surface area (Å²) < 4.78 is 0. The second-order valence-corrected chi connectivity index (χ2v) is 3.19. The van der Waals surface area contributed by atoms with Gasteiger partial charge in [0, 0.05) is 6.54 Å². The molecule has 3 heteroatoms. The van der Waals surface area contributed by atoms with Gasteiger partial charge in [0.25, 0.3) is 0 Å². The highest BCUT2D eigenvalue weighted by molar-refractivity contribution is 5.17. The van der Waals surface area contributed by atoms with Crippen LogP contribution in [-0.4, -0.2) is 17.7 Å². The van der Waals surface area contributed by atoms with Gasteiger partial charge in [0.2, 0.25) is 0 Å². The van der Waals surface area contributed by atoms with E-state index in [1.54, 1.807) is 6.92 Å². The number of aliphatic hydroxyl groups is 1.